The van der Waals surface area contributed by atoms with Gasteiger partial charge in [-0.15, -0.1) is 5.10 Å². The highest BCUT2D eigenvalue weighted by atomic mass is 35.5. The fourth-order valence-electron chi connectivity index (χ4n) is 2.79. The van der Waals surface area contributed by atoms with Gasteiger partial charge in [0.2, 0.25) is 5.91 Å². The number of nitrogens with zero attached hydrogens (tertiary/aromatic N) is 4. The van der Waals surface area contributed by atoms with Gasteiger partial charge in [0.25, 0.3) is 0 Å². The van der Waals surface area contributed by atoms with Crippen molar-refractivity contribution in [1.82, 2.24) is 19.2 Å². The number of fused-ring (bicyclic) bond motifs is 3. The summed E-state index contributed by atoms with van der Waals surface area (Å²) in [5.74, 6) is -0.952. The number of halogens is 2. The van der Waals surface area contributed by atoms with E-state index < -0.39 is 17.4 Å². The zero-order valence-electron chi connectivity index (χ0n) is 14.1. The number of carbonyl (C=O) groups is 1. The van der Waals surface area contributed by atoms with E-state index in [0.717, 1.165) is 4.68 Å². The molecule has 0 unspecified atom stereocenters. The molecule has 0 fully saturated rings. The Kier molecular flexibility index (Phi) is 4.12. The smallest absolute Gasteiger partial charge is 0.324 e. The van der Waals surface area contributed by atoms with Gasteiger partial charge in [-0.1, -0.05) is 17.7 Å². The van der Waals surface area contributed by atoms with Gasteiger partial charge >= 0.3 is 5.69 Å². The summed E-state index contributed by atoms with van der Waals surface area (Å²) in [4.78, 5) is 29.0. The standard InChI is InChI=1S/C18H13ClFN5O2/c1-10-2-4-12(20)7-14(10)22-16(26)8-25-18(27)24-9-21-15-6-11(19)3-5-13(15)17(24)23-25/h2-7,9H,8H2,1H3,(H,22,26). The quantitative estimate of drug-likeness (QED) is 0.588. The molecule has 4 rings (SSSR count). The van der Waals surface area contributed by atoms with Crippen LogP contribution in [0.1, 0.15) is 5.56 Å². The maximum atomic E-state index is 13.4. The Labute approximate surface area is 157 Å². The van der Waals surface area contributed by atoms with Crippen LogP contribution in [0.4, 0.5) is 10.1 Å². The summed E-state index contributed by atoms with van der Waals surface area (Å²) in [6.45, 7) is 1.43. The minimum atomic E-state index is -0.500. The molecule has 0 atom stereocenters. The van der Waals surface area contributed by atoms with Gasteiger partial charge in [0.05, 0.1) is 5.52 Å². The van der Waals surface area contributed by atoms with Crippen LogP contribution in [0, 0.1) is 12.7 Å². The maximum absolute atomic E-state index is 13.4. The van der Waals surface area contributed by atoms with Gasteiger partial charge in [0, 0.05) is 16.1 Å². The molecule has 0 aliphatic carbocycles. The first kappa shape index (κ1) is 17.2. The molecule has 0 bridgehead atoms. The molecule has 0 saturated heterocycles. The monoisotopic (exact) mass is 385 g/mol. The average molecular weight is 386 g/mol. The third kappa shape index (κ3) is 3.15. The van der Waals surface area contributed by atoms with Crippen LogP contribution in [0.25, 0.3) is 16.6 Å². The fraction of sp³-hybridized carbons (Fsp3) is 0.111. The van der Waals surface area contributed by atoms with Crippen LogP contribution in [0.15, 0.2) is 47.5 Å². The van der Waals surface area contributed by atoms with Crippen LogP contribution < -0.4 is 11.0 Å². The van der Waals surface area contributed by atoms with Crippen LogP contribution in [0.2, 0.25) is 5.02 Å². The summed E-state index contributed by atoms with van der Waals surface area (Å²) in [5, 5.41) is 7.99. The molecule has 0 radical (unpaired) electrons. The molecule has 0 aliphatic heterocycles. The van der Waals surface area contributed by atoms with Crippen molar-refractivity contribution in [1.29, 1.82) is 0 Å². The van der Waals surface area contributed by atoms with E-state index in [-0.39, 0.29) is 6.54 Å². The van der Waals surface area contributed by atoms with Gasteiger partial charge in [-0.2, -0.15) is 0 Å². The minimum Gasteiger partial charge on any atom is -0.324 e. The lowest BCUT2D eigenvalue weighted by molar-refractivity contribution is -0.117. The zero-order chi connectivity index (χ0) is 19.1. The van der Waals surface area contributed by atoms with E-state index in [1.54, 1.807) is 31.2 Å². The largest absolute Gasteiger partial charge is 0.352 e. The van der Waals surface area contributed by atoms with E-state index in [1.165, 1.54) is 22.9 Å². The Morgan fingerprint density at radius 2 is 2.07 bits per heavy atom. The van der Waals surface area contributed by atoms with Gasteiger partial charge < -0.3 is 5.32 Å². The van der Waals surface area contributed by atoms with Crippen molar-refractivity contribution in [3.8, 4) is 0 Å². The number of aromatic nitrogens is 4. The van der Waals surface area contributed by atoms with E-state index in [9.17, 15) is 14.0 Å². The van der Waals surface area contributed by atoms with Crippen LogP contribution in [0.3, 0.4) is 0 Å². The summed E-state index contributed by atoms with van der Waals surface area (Å²) >= 11 is 5.96. The van der Waals surface area contributed by atoms with Crippen LogP contribution in [0.5, 0.6) is 0 Å². The molecule has 2 aromatic heterocycles. The Hall–Kier alpha value is -3.26. The minimum absolute atomic E-state index is 0.314. The Bertz CT molecular complexity index is 1260. The van der Waals surface area contributed by atoms with Crippen molar-refractivity contribution in [2.45, 2.75) is 13.5 Å². The molecule has 1 amide bonds. The first-order valence-corrected chi connectivity index (χ1v) is 8.39. The molecular formula is C18H13ClFN5O2. The highest BCUT2D eigenvalue weighted by Crippen LogP contribution is 2.20. The van der Waals surface area contributed by atoms with Gasteiger partial charge in [-0.3, -0.25) is 4.79 Å². The second-order valence-electron chi connectivity index (χ2n) is 6.05. The summed E-state index contributed by atoms with van der Waals surface area (Å²) in [6.07, 6.45) is 1.34. The van der Waals surface area contributed by atoms with E-state index in [0.29, 0.717) is 32.8 Å². The molecule has 136 valence electrons. The summed E-state index contributed by atoms with van der Waals surface area (Å²) in [6, 6.07) is 9.15. The van der Waals surface area contributed by atoms with Gasteiger partial charge in [0.1, 0.15) is 18.7 Å². The SMILES string of the molecule is Cc1ccc(F)cc1NC(=O)Cn1nc2c3ccc(Cl)cc3ncn2c1=O. The number of carbonyl (C=O) groups excluding carboxylic acids is 1. The number of anilines is 1. The molecule has 2 heterocycles. The summed E-state index contributed by atoms with van der Waals surface area (Å²) < 4.78 is 15.7. The normalized spacial score (nSPS) is 11.2. The first-order valence-electron chi connectivity index (χ1n) is 8.02. The third-order valence-electron chi connectivity index (χ3n) is 4.15. The predicted molar refractivity (Wildman–Crippen MR) is 99.5 cm³/mol. The second-order valence-corrected chi connectivity index (χ2v) is 6.48. The van der Waals surface area contributed by atoms with Crippen LogP contribution in [-0.4, -0.2) is 25.1 Å². The molecule has 1 N–H and O–H groups in total. The van der Waals surface area contributed by atoms with Crippen molar-refractivity contribution < 1.29 is 9.18 Å². The number of hydrogen-bond acceptors (Lipinski definition) is 4. The van der Waals surface area contributed by atoms with Crippen LogP contribution in [-0.2, 0) is 11.3 Å². The Balaban J connectivity index is 1.68. The van der Waals surface area contributed by atoms with Crippen molar-refractivity contribution >= 4 is 39.7 Å². The lowest BCUT2D eigenvalue weighted by Crippen LogP contribution is -2.28. The Morgan fingerprint density at radius 3 is 2.89 bits per heavy atom. The van der Waals surface area contributed by atoms with Gasteiger partial charge in [0.15, 0.2) is 5.65 Å². The van der Waals surface area contributed by atoms with Crippen molar-refractivity contribution in [2.24, 2.45) is 0 Å². The second kappa shape index (κ2) is 6.48. The van der Waals surface area contributed by atoms with E-state index >= 15 is 0 Å². The summed E-state index contributed by atoms with van der Waals surface area (Å²) in [7, 11) is 0. The number of amides is 1. The lowest BCUT2D eigenvalue weighted by Gasteiger charge is -2.07. The number of rotatable bonds is 3. The number of hydrogen-bond donors (Lipinski definition) is 1. The zero-order valence-corrected chi connectivity index (χ0v) is 14.9. The van der Waals surface area contributed by atoms with E-state index in [4.69, 9.17) is 11.6 Å². The molecule has 9 heteroatoms. The first-order chi connectivity index (χ1) is 12.9. The lowest BCUT2D eigenvalue weighted by atomic mass is 10.2. The third-order valence-corrected chi connectivity index (χ3v) is 4.39. The highest BCUT2D eigenvalue weighted by molar-refractivity contribution is 6.31. The molecule has 2 aromatic carbocycles. The van der Waals surface area contributed by atoms with E-state index in [2.05, 4.69) is 15.4 Å². The topological polar surface area (TPSA) is 81.3 Å². The number of benzene rings is 2. The molecule has 27 heavy (non-hydrogen) atoms. The number of aryl methyl sites for hydroxylation is 1. The van der Waals surface area contributed by atoms with Crippen molar-refractivity contribution in [3.05, 3.63) is 69.6 Å². The summed E-state index contributed by atoms with van der Waals surface area (Å²) in [5.41, 5.74) is 1.52. The fourth-order valence-corrected chi connectivity index (χ4v) is 2.95. The molecular weight excluding hydrogens is 373 g/mol. The van der Waals surface area contributed by atoms with Crippen molar-refractivity contribution in [2.75, 3.05) is 5.32 Å². The molecule has 0 aliphatic rings. The van der Waals surface area contributed by atoms with Crippen LogP contribution >= 0.6 is 11.6 Å². The Morgan fingerprint density at radius 1 is 1.26 bits per heavy atom. The molecule has 0 spiro atoms. The predicted octanol–water partition coefficient (Wildman–Crippen LogP) is 2.78. The average Bonchev–Trinajstić information content (AvgIpc) is 2.94. The van der Waals surface area contributed by atoms with Crippen molar-refractivity contribution in [3.63, 3.8) is 0 Å². The highest BCUT2D eigenvalue weighted by Gasteiger charge is 2.14. The number of nitrogens with one attached hydrogen (secondary N) is 1. The maximum Gasteiger partial charge on any atom is 0.352 e. The van der Waals surface area contributed by atoms with E-state index in [1.807, 2.05) is 0 Å². The molecule has 4 aromatic rings. The van der Waals surface area contributed by atoms with Gasteiger partial charge in [-0.05, 0) is 42.8 Å². The molecule has 7 nitrogen and oxygen atoms in total. The van der Waals surface area contributed by atoms with Gasteiger partial charge in [-0.25, -0.2) is 23.3 Å². The molecule has 0 saturated carbocycles.